The van der Waals surface area contributed by atoms with Crippen molar-refractivity contribution in [3.63, 3.8) is 0 Å². The summed E-state index contributed by atoms with van der Waals surface area (Å²) >= 11 is 5.88. The lowest BCUT2D eigenvalue weighted by Crippen LogP contribution is -2.48. The van der Waals surface area contributed by atoms with Gasteiger partial charge in [-0.2, -0.15) is 5.10 Å². The Hall–Kier alpha value is -2.93. The van der Waals surface area contributed by atoms with Crippen molar-refractivity contribution < 1.29 is 13.6 Å². The van der Waals surface area contributed by atoms with E-state index in [-0.39, 0.29) is 17.4 Å². The molecule has 150 valence electrons. The number of aromatic amines is 1. The van der Waals surface area contributed by atoms with Gasteiger partial charge in [0.1, 0.15) is 11.6 Å². The van der Waals surface area contributed by atoms with Crippen LogP contribution in [0.2, 0.25) is 5.02 Å². The van der Waals surface area contributed by atoms with Gasteiger partial charge >= 0.3 is 0 Å². The number of H-pyrrole nitrogens is 1. The third kappa shape index (κ3) is 4.40. The Morgan fingerprint density at radius 1 is 1.17 bits per heavy atom. The van der Waals surface area contributed by atoms with E-state index in [4.69, 9.17) is 11.6 Å². The third-order valence-corrected chi connectivity index (χ3v) is 5.21. The molecule has 1 fully saturated rings. The van der Waals surface area contributed by atoms with Crippen molar-refractivity contribution in [3.8, 4) is 11.3 Å². The Morgan fingerprint density at radius 2 is 1.97 bits per heavy atom. The number of aromatic nitrogens is 2. The minimum absolute atomic E-state index is 0.0620. The molecule has 4 rings (SSSR count). The van der Waals surface area contributed by atoms with Crippen LogP contribution in [0.5, 0.6) is 0 Å². The lowest BCUT2D eigenvalue weighted by molar-refractivity contribution is 0.0929. The highest BCUT2D eigenvalue weighted by atomic mass is 35.5. The second-order valence-corrected chi connectivity index (χ2v) is 7.47. The van der Waals surface area contributed by atoms with Crippen molar-refractivity contribution in [3.05, 3.63) is 70.8 Å². The molecule has 0 spiro atoms. The van der Waals surface area contributed by atoms with E-state index in [2.05, 4.69) is 20.4 Å². The minimum atomic E-state index is -0.601. The molecule has 29 heavy (non-hydrogen) atoms. The zero-order chi connectivity index (χ0) is 20.4. The molecule has 2 N–H and O–H groups in total. The van der Waals surface area contributed by atoms with Gasteiger partial charge in [0.05, 0.1) is 11.3 Å². The van der Waals surface area contributed by atoms with E-state index >= 15 is 0 Å². The number of carbonyl (C=O) groups excluding carboxylic acids is 1. The number of anilines is 1. The standard InChI is InChI=1S/C21H19ClF2N4O/c22-14-5-8-18(24)17(10-14)21(29)25-16-2-1-9-28(12-16)20-11-19(26-27-20)13-3-6-15(23)7-4-13/h3-8,10-11,16H,1-2,9,12H2,(H,25,29)(H,26,27)/t16-/m0/s1. The number of carbonyl (C=O) groups is 1. The van der Waals surface area contributed by atoms with E-state index in [0.29, 0.717) is 11.6 Å². The lowest BCUT2D eigenvalue weighted by Gasteiger charge is -2.33. The van der Waals surface area contributed by atoms with Crippen LogP contribution < -0.4 is 10.2 Å². The van der Waals surface area contributed by atoms with E-state index in [1.807, 2.05) is 6.07 Å². The molecule has 0 unspecified atom stereocenters. The smallest absolute Gasteiger partial charge is 0.254 e. The van der Waals surface area contributed by atoms with Crippen LogP contribution in [0.15, 0.2) is 48.5 Å². The molecule has 1 saturated heterocycles. The number of halogens is 3. The van der Waals surface area contributed by atoms with Gasteiger partial charge in [-0.15, -0.1) is 0 Å². The van der Waals surface area contributed by atoms with Gasteiger partial charge in [-0.1, -0.05) is 11.6 Å². The summed E-state index contributed by atoms with van der Waals surface area (Å²) in [7, 11) is 0. The number of benzene rings is 2. The fourth-order valence-electron chi connectivity index (χ4n) is 3.49. The molecule has 1 amide bonds. The van der Waals surface area contributed by atoms with Crippen molar-refractivity contribution >= 4 is 23.3 Å². The average Bonchev–Trinajstić information content (AvgIpc) is 3.21. The minimum Gasteiger partial charge on any atom is -0.353 e. The maximum atomic E-state index is 13.9. The highest BCUT2D eigenvalue weighted by Crippen LogP contribution is 2.24. The van der Waals surface area contributed by atoms with Crippen molar-refractivity contribution in [1.29, 1.82) is 0 Å². The van der Waals surface area contributed by atoms with Crippen LogP contribution in [0.4, 0.5) is 14.6 Å². The third-order valence-electron chi connectivity index (χ3n) is 4.97. The molecule has 8 heteroatoms. The zero-order valence-electron chi connectivity index (χ0n) is 15.5. The molecule has 0 bridgehead atoms. The maximum absolute atomic E-state index is 13.9. The summed E-state index contributed by atoms with van der Waals surface area (Å²) in [6.07, 6.45) is 1.65. The first-order chi connectivity index (χ1) is 14.0. The van der Waals surface area contributed by atoms with Crippen LogP contribution in [-0.2, 0) is 0 Å². The van der Waals surface area contributed by atoms with Crippen LogP contribution in [0.25, 0.3) is 11.3 Å². The molecule has 0 radical (unpaired) electrons. The van der Waals surface area contributed by atoms with Gasteiger partial charge in [0.2, 0.25) is 0 Å². The number of rotatable bonds is 4. The molecule has 1 aromatic heterocycles. The SMILES string of the molecule is O=C(N[C@H]1CCCN(c2cc(-c3ccc(F)cc3)[nH]n2)C1)c1cc(Cl)ccc1F. The second-order valence-electron chi connectivity index (χ2n) is 7.03. The zero-order valence-corrected chi connectivity index (χ0v) is 16.2. The van der Waals surface area contributed by atoms with E-state index in [0.717, 1.165) is 36.5 Å². The van der Waals surface area contributed by atoms with Crippen LogP contribution in [0.1, 0.15) is 23.2 Å². The summed E-state index contributed by atoms with van der Waals surface area (Å²) in [5, 5.41) is 10.5. The molecule has 1 atom stereocenters. The first kappa shape index (κ1) is 19.4. The fraction of sp³-hybridized carbons (Fsp3) is 0.238. The molecular formula is C21H19ClF2N4O. The van der Waals surface area contributed by atoms with Crippen molar-refractivity contribution in [2.24, 2.45) is 0 Å². The average molecular weight is 417 g/mol. The summed E-state index contributed by atoms with van der Waals surface area (Å²) in [6, 6.07) is 11.9. The topological polar surface area (TPSA) is 61.0 Å². The molecule has 0 saturated carbocycles. The van der Waals surface area contributed by atoms with Gasteiger partial charge in [-0.05, 0) is 60.9 Å². The number of hydrogen-bond acceptors (Lipinski definition) is 3. The predicted molar refractivity (Wildman–Crippen MR) is 108 cm³/mol. The molecule has 2 heterocycles. The number of amides is 1. The Balaban J connectivity index is 1.44. The fourth-order valence-corrected chi connectivity index (χ4v) is 3.66. The number of nitrogens with zero attached hydrogens (tertiary/aromatic N) is 2. The Labute approximate surface area is 171 Å². The summed E-state index contributed by atoms with van der Waals surface area (Å²) in [5.41, 5.74) is 1.56. The quantitative estimate of drug-likeness (QED) is 0.662. The van der Waals surface area contributed by atoms with E-state index in [1.54, 1.807) is 12.1 Å². The Morgan fingerprint density at radius 3 is 2.76 bits per heavy atom. The summed E-state index contributed by atoms with van der Waals surface area (Å²) in [5.74, 6) is -0.627. The molecule has 3 aromatic rings. The molecule has 0 aliphatic carbocycles. The van der Waals surface area contributed by atoms with Gasteiger partial charge in [-0.25, -0.2) is 8.78 Å². The van der Waals surface area contributed by atoms with Gasteiger partial charge in [-0.3, -0.25) is 9.89 Å². The van der Waals surface area contributed by atoms with Crippen LogP contribution in [0, 0.1) is 11.6 Å². The molecular weight excluding hydrogens is 398 g/mol. The normalized spacial score (nSPS) is 16.7. The number of hydrogen-bond donors (Lipinski definition) is 2. The van der Waals surface area contributed by atoms with Crippen molar-refractivity contribution in [1.82, 2.24) is 15.5 Å². The molecule has 1 aliphatic heterocycles. The van der Waals surface area contributed by atoms with E-state index in [1.165, 1.54) is 30.3 Å². The Kier molecular flexibility index (Phi) is 5.49. The number of piperidine rings is 1. The highest BCUT2D eigenvalue weighted by Gasteiger charge is 2.24. The van der Waals surface area contributed by atoms with Gasteiger partial charge < -0.3 is 10.2 Å². The predicted octanol–water partition coefficient (Wildman–Crippen LogP) is 4.41. The summed E-state index contributed by atoms with van der Waals surface area (Å²) < 4.78 is 27.1. The molecule has 2 aromatic carbocycles. The summed E-state index contributed by atoms with van der Waals surface area (Å²) in [6.45, 7) is 1.35. The maximum Gasteiger partial charge on any atom is 0.254 e. The van der Waals surface area contributed by atoms with Gasteiger partial charge in [0, 0.05) is 30.2 Å². The molecule has 1 aliphatic rings. The van der Waals surface area contributed by atoms with Crippen LogP contribution in [-0.4, -0.2) is 35.2 Å². The Bertz CT molecular complexity index is 1020. The second kappa shape index (κ2) is 8.21. The van der Waals surface area contributed by atoms with Crippen LogP contribution in [0.3, 0.4) is 0 Å². The summed E-state index contributed by atoms with van der Waals surface area (Å²) in [4.78, 5) is 14.5. The lowest BCUT2D eigenvalue weighted by atomic mass is 10.0. The van der Waals surface area contributed by atoms with Gasteiger partial charge in [0.15, 0.2) is 5.82 Å². The van der Waals surface area contributed by atoms with Crippen molar-refractivity contribution in [2.45, 2.75) is 18.9 Å². The van der Waals surface area contributed by atoms with Gasteiger partial charge in [0.25, 0.3) is 5.91 Å². The largest absolute Gasteiger partial charge is 0.353 e. The van der Waals surface area contributed by atoms with Crippen molar-refractivity contribution in [2.75, 3.05) is 18.0 Å². The highest BCUT2D eigenvalue weighted by molar-refractivity contribution is 6.31. The monoisotopic (exact) mass is 416 g/mol. The van der Waals surface area contributed by atoms with E-state index in [9.17, 15) is 13.6 Å². The van der Waals surface area contributed by atoms with E-state index < -0.39 is 11.7 Å². The number of nitrogens with one attached hydrogen (secondary N) is 2. The first-order valence-corrected chi connectivity index (χ1v) is 9.69. The molecule has 5 nitrogen and oxygen atoms in total. The first-order valence-electron chi connectivity index (χ1n) is 9.32. The van der Waals surface area contributed by atoms with Crippen LogP contribution >= 0.6 is 11.6 Å².